The van der Waals surface area contributed by atoms with Crippen molar-refractivity contribution in [3.8, 4) is 11.3 Å². The maximum absolute atomic E-state index is 13.0. The van der Waals surface area contributed by atoms with E-state index in [0.29, 0.717) is 41.4 Å². The highest BCUT2D eigenvalue weighted by atomic mass is 35.5. The number of carbonyl (C=O) groups is 2. The molecule has 158 valence electrons. The van der Waals surface area contributed by atoms with Gasteiger partial charge in [0, 0.05) is 23.6 Å². The quantitative estimate of drug-likeness (QED) is 0.564. The number of aromatic carboxylic acids is 1. The lowest BCUT2D eigenvalue weighted by Gasteiger charge is -2.25. The highest BCUT2D eigenvalue weighted by Crippen LogP contribution is 2.34. The Labute approximate surface area is 186 Å². The van der Waals surface area contributed by atoms with E-state index in [1.165, 1.54) is 0 Å². The summed E-state index contributed by atoms with van der Waals surface area (Å²) in [5.74, 6) is -0.948. The number of hydrogen-bond donors (Lipinski definition) is 1. The number of rotatable bonds is 6. The lowest BCUT2D eigenvalue weighted by atomic mass is 10.0. The van der Waals surface area contributed by atoms with Crippen LogP contribution in [-0.4, -0.2) is 33.4 Å². The molecule has 5 nitrogen and oxygen atoms in total. The van der Waals surface area contributed by atoms with Crippen LogP contribution in [0.15, 0.2) is 66.7 Å². The first-order valence-corrected chi connectivity index (χ1v) is 10.7. The van der Waals surface area contributed by atoms with Gasteiger partial charge in [-0.05, 0) is 49.1 Å². The first kappa shape index (κ1) is 21.1. The van der Waals surface area contributed by atoms with E-state index >= 15 is 0 Å². The number of amides is 1. The van der Waals surface area contributed by atoms with Crippen LogP contribution in [-0.2, 0) is 11.2 Å². The monoisotopic (exact) mass is 434 g/mol. The molecule has 0 bridgehead atoms. The summed E-state index contributed by atoms with van der Waals surface area (Å²) in [6.45, 7) is 0.688. The Morgan fingerprint density at radius 2 is 1.87 bits per heavy atom. The molecule has 4 rings (SSSR count). The van der Waals surface area contributed by atoms with Crippen LogP contribution in [0.3, 0.4) is 0 Å². The summed E-state index contributed by atoms with van der Waals surface area (Å²) in [6, 6.07) is 20.1. The largest absolute Gasteiger partial charge is 0.478 e. The third kappa shape index (κ3) is 4.78. The third-order valence-electron chi connectivity index (χ3n) is 5.63. The van der Waals surface area contributed by atoms with Crippen LogP contribution in [0.5, 0.6) is 0 Å². The van der Waals surface area contributed by atoms with Gasteiger partial charge in [-0.1, -0.05) is 54.1 Å². The summed E-state index contributed by atoms with van der Waals surface area (Å²) in [5, 5.41) is 10.1. The topological polar surface area (TPSA) is 70.5 Å². The van der Waals surface area contributed by atoms with Crippen LogP contribution >= 0.6 is 11.6 Å². The number of carbonyl (C=O) groups excluding carboxylic acids is 1. The Balaban J connectivity index is 1.59. The summed E-state index contributed by atoms with van der Waals surface area (Å²) in [4.78, 5) is 31.3. The Hall–Kier alpha value is -3.18. The molecule has 1 amide bonds. The molecule has 0 saturated carbocycles. The van der Waals surface area contributed by atoms with E-state index < -0.39 is 5.97 Å². The molecular formula is C25H23ClN2O3. The molecule has 0 radical (unpaired) electrons. The maximum Gasteiger partial charge on any atom is 0.337 e. The van der Waals surface area contributed by atoms with E-state index in [-0.39, 0.29) is 17.5 Å². The van der Waals surface area contributed by atoms with E-state index in [4.69, 9.17) is 16.6 Å². The number of benzene rings is 2. The van der Waals surface area contributed by atoms with Gasteiger partial charge in [-0.3, -0.25) is 4.79 Å². The SMILES string of the molecule is O=C(O)c1ccc(C2CCCN2C(=O)CCc2ccccc2)nc1-c1cccc(Cl)c1. The second kappa shape index (κ2) is 9.31. The van der Waals surface area contributed by atoms with Gasteiger partial charge in [0.1, 0.15) is 0 Å². The standard InChI is InChI=1S/C25H23ClN2O3/c26-19-9-4-8-18(16-19)24-20(25(30)31)12-13-21(27-24)22-10-5-15-28(22)23(29)14-11-17-6-2-1-3-7-17/h1-4,6-9,12-13,16,22H,5,10-11,14-15H2,(H,30,31). The number of likely N-dealkylation sites (tertiary alicyclic amines) is 1. The van der Waals surface area contributed by atoms with Crippen molar-refractivity contribution in [3.63, 3.8) is 0 Å². The highest BCUT2D eigenvalue weighted by Gasteiger charge is 2.31. The summed E-state index contributed by atoms with van der Waals surface area (Å²) in [7, 11) is 0. The molecule has 6 heteroatoms. The van der Waals surface area contributed by atoms with Crippen molar-refractivity contribution in [1.82, 2.24) is 9.88 Å². The molecule has 1 atom stereocenters. The fourth-order valence-corrected chi connectivity index (χ4v) is 4.29. The zero-order valence-electron chi connectivity index (χ0n) is 17.0. The van der Waals surface area contributed by atoms with Crippen LogP contribution < -0.4 is 0 Å². The van der Waals surface area contributed by atoms with Crippen molar-refractivity contribution in [1.29, 1.82) is 0 Å². The number of halogens is 1. The number of nitrogens with zero attached hydrogens (tertiary/aromatic N) is 2. The number of aryl methyl sites for hydroxylation is 1. The molecule has 1 N–H and O–H groups in total. The molecule has 1 aromatic heterocycles. The van der Waals surface area contributed by atoms with Gasteiger partial charge >= 0.3 is 5.97 Å². The molecule has 2 aromatic carbocycles. The number of hydrogen-bond acceptors (Lipinski definition) is 3. The van der Waals surface area contributed by atoms with Crippen LogP contribution in [0.4, 0.5) is 0 Å². The van der Waals surface area contributed by atoms with Crippen LogP contribution in [0.2, 0.25) is 5.02 Å². The van der Waals surface area contributed by atoms with Crippen molar-refractivity contribution in [2.45, 2.75) is 31.7 Å². The molecule has 1 fully saturated rings. The lowest BCUT2D eigenvalue weighted by Crippen LogP contribution is -2.31. The minimum atomic E-state index is -1.05. The first-order chi connectivity index (χ1) is 15.0. The normalized spacial score (nSPS) is 15.8. The van der Waals surface area contributed by atoms with Crippen LogP contribution in [0.1, 0.15) is 46.9 Å². The molecular weight excluding hydrogens is 412 g/mol. The smallest absolute Gasteiger partial charge is 0.337 e. The molecule has 1 aliphatic heterocycles. The average Bonchev–Trinajstić information content (AvgIpc) is 3.28. The summed E-state index contributed by atoms with van der Waals surface area (Å²) in [6.07, 6.45) is 2.85. The number of aromatic nitrogens is 1. The van der Waals surface area contributed by atoms with Crippen molar-refractivity contribution in [2.75, 3.05) is 6.54 Å². The molecule has 2 heterocycles. The molecule has 1 aliphatic rings. The van der Waals surface area contributed by atoms with Crippen molar-refractivity contribution < 1.29 is 14.7 Å². The fourth-order valence-electron chi connectivity index (χ4n) is 4.10. The number of pyridine rings is 1. The number of carboxylic acids is 1. The van der Waals surface area contributed by atoms with Crippen molar-refractivity contribution in [2.24, 2.45) is 0 Å². The van der Waals surface area contributed by atoms with Gasteiger partial charge in [-0.15, -0.1) is 0 Å². The van der Waals surface area contributed by atoms with E-state index in [9.17, 15) is 14.7 Å². The van der Waals surface area contributed by atoms with Gasteiger partial charge in [-0.2, -0.15) is 0 Å². The van der Waals surface area contributed by atoms with Crippen LogP contribution in [0, 0.1) is 0 Å². The van der Waals surface area contributed by atoms with Crippen LogP contribution in [0.25, 0.3) is 11.3 Å². The maximum atomic E-state index is 13.0. The van der Waals surface area contributed by atoms with Gasteiger partial charge < -0.3 is 10.0 Å². The molecule has 31 heavy (non-hydrogen) atoms. The predicted molar refractivity (Wildman–Crippen MR) is 120 cm³/mol. The van der Waals surface area contributed by atoms with E-state index in [0.717, 1.165) is 18.4 Å². The summed E-state index contributed by atoms with van der Waals surface area (Å²) < 4.78 is 0. The van der Waals surface area contributed by atoms with Gasteiger partial charge in [0.05, 0.1) is 23.0 Å². The fraction of sp³-hybridized carbons (Fsp3) is 0.240. The highest BCUT2D eigenvalue weighted by molar-refractivity contribution is 6.30. The van der Waals surface area contributed by atoms with E-state index in [1.807, 2.05) is 35.2 Å². The summed E-state index contributed by atoms with van der Waals surface area (Å²) >= 11 is 6.12. The Kier molecular flexibility index (Phi) is 6.33. The molecule has 0 aliphatic carbocycles. The molecule has 0 spiro atoms. The van der Waals surface area contributed by atoms with Gasteiger partial charge in [0.2, 0.25) is 5.91 Å². The summed E-state index contributed by atoms with van der Waals surface area (Å²) in [5.41, 5.74) is 2.98. The zero-order valence-corrected chi connectivity index (χ0v) is 17.8. The Bertz CT molecular complexity index is 1100. The number of carboxylic acid groups (broad SMARTS) is 1. The second-order valence-corrected chi connectivity index (χ2v) is 8.11. The van der Waals surface area contributed by atoms with Gasteiger partial charge in [0.25, 0.3) is 0 Å². The van der Waals surface area contributed by atoms with E-state index in [2.05, 4.69) is 0 Å². The molecule has 1 unspecified atom stereocenters. The Morgan fingerprint density at radius 3 is 2.61 bits per heavy atom. The minimum Gasteiger partial charge on any atom is -0.478 e. The predicted octanol–water partition coefficient (Wildman–Crippen LogP) is 5.40. The molecule has 3 aromatic rings. The average molecular weight is 435 g/mol. The van der Waals surface area contributed by atoms with Crippen molar-refractivity contribution in [3.05, 3.63) is 88.6 Å². The molecule has 1 saturated heterocycles. The minimum absolute atomic E-state index is 0.0970. The van der Waals surface area contributed by atoms with Gasteiger partial charge in [0.15, 0.2) is 0 Å². The zero-order chi connectivity index (χ0) is 21.8. The lowest BCUT2D eigenvalue weighted by molar-refractivity contribution is -0.132. The van der Waals surface area contributed by atoms with Gasteiger partial charge in [-0.25, -0.2) is 9.78 Å². The van der Waals surface area contributed by atoms with E-state index in [1.54, 1.807) is 36.4 Å². The third-order valence-corrected chi connectivity index (χ3v) is 5.87. The second-order valence-electron chi connectivity index (χ2n) is 7.68. The van der Waals surface area contributed by atoms with Crippen molar-refractivity contribution >= 4 is 23.5 Å². The Morgan fingerprint density at radius 1 is 1.06 bits per heavy atom. The first-order valence-electron chi connectivity index (χ1n) is 10.4.